The third-order valence-corrected chi connectivity index (χ3v) is 3.29. The van der Waals surface area contributed by atoms with E-state index in [4.69, 9.17) is 5.73 Å². The van der Waals surface area contributed by atoms with Crippen LogP contribution >= 0.6 is 0 Å². The van der Waals surface area contributed by atoms with Crippen LogP contribution in [-0.2, 0) is 22.4 Å². The fraction of sp³-hybridized carbons (Fsp3) is 0.176. The molecule has 3 N–H and O–H groups in total. The van der Waals surface area contributed by atoms with Gasteiger partial charge < -0.3 is 11.1 Å². The molecule has 0 unspecified atom stereocenters. The summed E-state index contributed by atoms with van der Waals surface area (Å²) in [5, 5.41) is 2.39. The molecule has 0 aliphatic carbocycles. The van der Waals surface area contributed by atoms with Crippen molar-refractivity contribution in [1.82, 2.24) is 5.32 Å². The molecule has 0 aliphatic heterocycles. The number of rotatable bonds is 6. The summed E-state index contributed by atoms with van der Waals surface area (Å²) in [5.41, 5.74) is 5.85. The van der Waals surface area contributed by atoms with Gasteiger partial charge in [-0.15, -0.1) is 0 Å². The molecule has 0 aliphatic rings. The molecule has 0 spiro atoms. The highest BCUT2D eigenvalue weighted by atomic mass is 19.1. The van der Waals surface area contributed by atoms with E-state index in [9.17, 15) is 22.8 Å². The van der Waals surface area contributed by atoms with E-state index in [-0.39, 0.29) is 18.4 Å². The zero-order chi connectivity index (χ0) is 17.7. The summed E-state index contributed by atoms with van der Waals surface area (Å²) in [5.74, 6) is -3.50. The average Bonchev–Trinajstić information content (AvgIpc) is 2.45. The average molecular weight is 336 g/mol. The van der Waals surface area contributed by atoms with E-state index in [1.807, 2.05) is 0 Å². The monoisotopic (exact) mass is 336 g/mol. The van der Waals surface area contributed by atoms with Crippen LogP contribution in [0.4, 0.5) is 13.2 Å². The summed E-state index contributed by atoms with van der Waals surface area (Å²) in [6.07, 6.45) is -0.308. The van der Waals surface area contributed by atoms with Crippen LogP contribution in [0.2, 0.25) is 0 Å². The van der Waals surface area contributed by atoms with Gasteiger partial charge in [-0.05, 0) is 35.4 Å². The molecule has 0 radical (unpaired) electrons. The van der Waals surface area contributed by atoms with Crippen LogP contribution in [0.25, 0.3) is 0 Å². The Labute approximate surface area is 136 Å². The zero-order valence-electron chi connectivity index (χ0n) is 12.6. The molecule has 0 fully saturated rings. The SMILES string of the molecule is NC(=O)[C@@H](Cc1cccc(F)c1)NC(=O)Cc1cc(F)cc(F)c1. The Morgan fingerprint density at radius 3 is 2.17 bits per heavy atom. The van der Waals surface area contributed by atoms with Gasteiger partial charge in [0.1, 0.15) is 23.5 Å². The number of carbonyl (C=O) groups excluding carboxylic acids is 2. The lowest BCUT2D eigenvalue weighted by Gasteiger charge is -2.16. The first-order chi connectivity index (χ1) is 11.3. The van der Waals surface area contributed by atoms with Crippen LogP contribution in [0.15, 0.2) is 42.5 Å². The standard InChI is InChI=1S/C17H15F3N2O2/c18-12-3-1-2-10(4-12)7-15(17(21)24)22-16(23)8-11-5-13(19)9-14(20)6-11/h1-6,9,15H,7-8H2,(H2,21,24)(H,22,23)/t15-/m1/s1. The van der Waals surface area contributed by atoms with Gasteiger partial charge in [0.15, 0.2) is 0 Å². The summed E-state index contributed by atoms with van der Waals surface area (Å²) < 4.78 is 39.4. The second kappa shape index (κ2) is 7.63. The topological polar surface area (TPSA) is 72.2 Å². The van der Waals surface area contributed by atoms with Gasteiger partial charge in [-0.1, -0.05) is 12.1 Å². The number of hydrogen-bond acceptors (Lipinski definition) is 2. The van der Waals surface area contributed by atoms with Crippen LogP contribution in [0.5, 0.6) is 0 Å². The molecule has 24 heavy (non-hydrogen) atoms. The predicted octanol–water partition coefficient (Wildman–Crippen LogP) is 1.86. The number of primary amides is 1. The minimum atomic E-state index is -1.06. The minimum Gasteiger partial charge on any atom is -0.368 e. The Kier molecular flexibility index (Phi) is 5.57. The summed E-state index contributed by atoms with van der Waals surface area (Å²) in [6.45, 7) is 0. The molecule has 2 rings (SSSR count). The van der Waals surface area contributed by atoms with Crippen molar-refractivity contribution in [3.63, 3.8) is 0 Å². The van der Waals surface area contributed by atoms with Crippen LogP contribution in [0.3, 0.4) is 0 Å². The Morgan fingerprint density at radius 1 is 0.958 bits per heavy atom. The molecule has 0 saturated heterocycles. The molecule has 2 amide bonds. The van der Waals surface area contributed by atoms with Crippen LogP contribution in [0.1, 0.15) is 11.1 Å². The van der Waals surface area contributed by atoms with E-state index < -0.39 is 35.3 Å². The van der Waals surface area contributed by atoms with Crippen molar-refractivity contribution in [3.05, 3.63) is 71.0 Å². The highest BCUT2D eigenvalue weighted by molar-refractivity contribution is 5.87. The number of hydrogen-bond donors (Lipinski definition) is 2. The van der Waals surface area contributed by atoms with Gasteiger partial charge in [-0.2, -0.15) is 0 Å². The third kappa shape index (κ3) is 5.12. The van der Waals surface area contributed by atoms with Gasteiger partial charge in [-0.25, -0.2) is 13.2 Å². The van der Waals surface area contributed by atoms with Crippen molar-refractivity contribution in [2.45, 2.75) is 18.9 Å². The third-order valence-electron chi connectivity index (χ3n) is 3.29. The molecule has 4 nitrogen and oxygen atoms in total. The van der Waals surface area contributed by atoms with Gasteiger partial charge in [0.05, 0.1) is 6.42 Å². The van der Waals surface area contributed by atoms with E-state index in [0.717, 1.165) is 12.1 Å². The van der Waals surface area contributed by atoms with E-state index >= 15 is 0 Å². The van der Waals surface area contributed by atoms with Crippen molar-refractivity contribution in [1.29, 1.82) is 0 Å². The molecule has 0 heterocycles. The van der Waals surface area contributed by atoms with Gasteiger partial charge >= 0.3 is 0 Å². The lowest BCUT2D eigenvalue weighted by Crippen LogP contribution is -2.46. The molecular formula is C17H15F3N2O2. The number of nitrogens with two attached hydrogens (primary N) is 1. The first-order valence-corrected chi connectivity index (χ1v) is 7.11. The number of amides is 2. The van der Waals surface area contributed by atoms with Crippen molar-refractivity contribution in [2.75, 3.05) is 0 Å². The quantitative estimate of drug-likeness (QED) is 0.845. The summed E-state index contributed by atoms with van der Waals surface area (Å²) in [4.78, 5) is 23.4. The van der Waals surface area contributed by atoms with Gasteiger partial charge in [0, 0.05) is 12.5 Å². The highest BCUT2D eigenvalue weighted by Gasteiger charge is 2.19. The van der Waals surface area contributed by atoms with Gasteiger partial charge in [0.25, 0.3) is 0 Å². The van der Waals surface area contributed by atoms with Crippen molar-refractivity contribution in [2.24, 2.45) is 5.73 Å². The summed E-state index contributed by atoms with van der Waals surface area (Å²) in [7, 11) is 0. The summed E-state index contributed by atoms with van der Waals surface area (Å²) in [6, 6.07) is 7.22. The lowest BCUT2D eigenvalue weighted by molar-refractivity contribution is -0.127. The number of carbonyl (C=O) groups is 2. The molecule has 7 heteroatoms. The van der Waals surface area contributed by atoms with E-state index in [1.54, 1.807) is 6.07 Å². The molecule has 1 atom stereocenters. The Morgan fingerprint density at radius 2 is 1.58 bits per heavy atom. The smallest absolute Gasteiger partial charge is 0.240 e. The zero-order valence-corrected chi connectivity index (χ0v) is 12.6. The minimum absolute atomic E-state index is 0.0103. The predicted molar refractivity (Wildman–Crippen MR) is 81.3 cm³/mol. The van der Waals surface area contributed by atoms with Gasteiger partial charge in [0.2, 0.25) is 11.8 Å². The molecular weight excluding hydrogens is 321 g/mol. The van der Waals surface area contributed by atoms with Crippen molar-refractivity contribution < 1.29 is 22.8 Å². The number of benzene rings is 2. The molecule has 126 valence electrons. The van der Waals surface area contributed by atoms with E-state index in [0.29, 0.717) is 11.6 Å². The summed E-state index contributed by atoms with van der Waals surface area (Å²) >= 11 is 0. The maximum Gasteiger partial charge on any atom is 0.240 e. The van der Waals surface area contributed by atoms with Gasteiger partial charge in [-0.3, -0.25) is 9.59 Å². The fourth-order valence-electron chi connectivity index (χ4n) is 2.27. The van der Waals surface area contributed by atoms with Crippen molar-refractivity contribution in [3.8, 4) is 0 Å². The van der Waals surface area contributed by atoms with E-state index in [2.05, 4.69) is 5.32 Å². The number of nitrogens with one attached hydrogen (secondary N) is 1. The maximum atomic E-state index is 13.2. The Bertz CT molecular complexity index is 745. The molecule has 0 bridgehead atoms. The van der Waals surface area contributed by atoms with Crippen molar-refractivity contribution >= 4 is 11.8 Å². The van der Waals surface area contributed by atoms with E-state index in [1.165, 1.54) is 18.2 Å². The normalized spacial score (nSPS) is 11.8. The molecule has 0 aromatic heterocycles. The number of halogens is 3. The lowest BCUT2D eigenvalue weighted by atomic mass is 10.0. The highest BCUT2D eigenvalue weighted by Crippen LogP contribution is 2.10. The first kappa shape index (κ1) is 17.5. The fourth-order valence-corrected chi connectivity index (χ4v) is 2.27. The maximum absolute atomic E-state index is 13.2. The molecule has 0 saturated carbocycles. The van der Waals surface area contributed by atoms with Crippen LogP contribution in [0, 0.1) is 17.5 Å². The Balaban J connectivity index is 2.04. The van der Waals surface area contributed by atoms with Crippen LogP contribution < -0.4 is 11.1 Å². The molecule has 2 aromatic rings. The Hall–Kier alpha value is -2.83. The first-order valence-electron chi connectivity index (χ1n) is 7.11. The largest absolute Gasteiger partial charge is 0.368 e. The molecule has 2 aromatic carbocycles. The second-order valence-electron chi connectivity index (χ2n) is 5.31. The second-order valence-corrected chi connectivity index (χ2v) is 5.31. The van der Waals surface area contributed by atoms with Crippen LogP contribution in [-0.4, -0.2) is 17.9 Å².